The molecule has 2 N–H and O–H groups in total. The molecule has 0 aromatic heterocycles. The minimum atomic E-state index is 0.595. The number of nitrogens with zero attached hydrogens (tertiary/aromatic N) is 1. The average Bonchev–Trinajstić information content (AvgIpc) is 2.05. The van der Waals surface area contributed by atoms with E-state index in [-0.39, 0.29) is 0 Å². The molecule has 0 amide bonds. The summed E-state index contributed by atoms with van der Waals surface area (Å²) in [6, 6.07) is 8.86. The Morgan fingerprint density at radius 3 is 2.40 bits per heavy atom. The van der Waals surface area contributed by atoms with E-state index in [9.17, 15) is 0 Å². The summed E-state index contributed by atoms with van der Waals surface area (Å²) in [7, 11) is 0. The quantitative estimate of drug-likeness (QED) is 0.367. The fourth-order valence-corrected chi connectivity index (χ4v) is 0.655. The van der Waals surface area contributed by atoms with Gasteiger partial charge in [-0.15, -0.1) is 0 Å². The van der Waals surface area contributed by atoms with Gasteiger partial charge in [0.2, 0.25) is 0 Å². The smallest absolute Gasteiger partial charge is 0.113 e. The maximum absolute atomic E-state index is 8.92. The van der Waals surface area contributed by atoms with Crippen LogP contribution in [0.4, 0.5) is 5.69 Å². The van der Waals surface area contributed by atoms with Crippen molar-refractivity contribution in [1.29, 1.82) is 5.41 Å². The summed E-state index contributed by atoms with van der Waals surface area (Å²) in [5, 5.41) is 16.4. The lowest BCUT2D eigenvalue weighted by Gasteiger charge is -2.07. The van der Waals surface area contributed by atoms with E-state index in [0.717, 1.165) is 11.4 Å². The molecule has 3 nitrogen and oxygen atoms in total. The minimum Gasteiger partial charge on any atom is -0.289 e. The Morgan fingerprint density at radius 1 is 1.30 bits per heavy atom. The van der Waals surface area contributed by atoms with Crippen molar-refractivity contribution in [2.75, 3.05) is 5.06 Å². The van der Waals surface area contributed by atoms with Gasteiger partial charge in [0.1, 0.15) is 6.34 Å². The Labute approximate surface area is 59.0 Å². The molecule has 0 saturated carbocycles. The molecule has 1 aromatic carbocycles. The van der Waals surface area contributed by atoms with Crippen LogP contribution in [0.15, 0.2) is 30.3 Å². The molecule has 0 atom stereocenters. The monoisotopic (exact) mass is 136 g/mol. The molecule has 0 aliphatic carbocycles. The zero-order valence-corrected chi connectivity index (χ0v) is 5.36. The minimum absolute atomic E-state index is 0.595. The largest absolute Gasteiger partial charge is 0.289 e. The van der Waals surface area contributed by atoms with Crippen molar-refractivity contribution in [2.24, 2.45) is 0 Å². The summed E-state index contributed by atoms with van der Waals surface area (Å²) in [4.78, 5) is 0. The van der Waals surface area contributed by atoms with Crippen LogP contribution in [0.2, 0.25) is 0 Å². The van der Waals surface area contributed by atoms with E-state index in [4.69, 9.17) is 10.6 Å². The molecule has 3 heteroatoms. The second kappa shape index (κ2) is 2.98. The number of rotatable bonds is 2. The lowest BCUT2D eigenvalue weighted by molar-refractivity contribution is 0.316. The zero-order chi connectivity index (χ0) is 7.40. The highest BCUT2D eigenvalue weighted by molar-refractivity contribution is 5.73. The van der Waals surface area contributed by atoms with Crippen molar-refractivity contribution in [1.82, 2.24) is 0 Å². The molecular formula is C7H8N2O. The van der Waals surface area contributed by atoms with E-state index >= 15 is 0 Å². The van der Waals surface area contributed by atoms with Crippen LogP contribution in [0, 0.1) is 5.41 Å². The average molecular weight is 136 g/mol. The number of hydroxylamine groups is 1. The van der Waals surface area contributed by atoms with Crippen molar-refractivity contribution in [3.8, 4) is 0 Å². The SMILES string of the molecule is N=CN(O)c1ccccc1. The standard InChI is InChI=1S/C7H8N2O/c8-6-9(10)7-4-2-1-3-5-7/h1-6,8,10H. The molecule has 0 bridgehead atoms. The van der Waals surface area contributed by atoms with Crippen LogP contribution in [0.1, 0.15) is 0 Å². The predicted octanol–water partition coefficient (Wildman–Crippen LogP) is 1.49. The number of benzene rings is 1. The third-order valence-electron chi connectivity index (χ3n) is 1.14. The fraction of sp³-hybridized carbons (Fsp3) is 0. The van der Waals surface area contributed by atoms with Crippen molar-refractivity contribution >= 4 is 12.0 Å². The first kappa shape index (κ1) is 6.77. The van der Waals surface area contributed by atoms with E-state index in [1.165, 1.54) is 0 Å². The molecule has 0 aliphatic heterocycles. The van der Waals surface area contributed by atoms with E-state index in [1.807, 2.05) is 6.07 Å². The Kier molecular flexibility index (Phi) is 2.02. The molecule has 1 rings (SSSR count). The highest BCUT2D eigenvalue weighted by Crippen LogP contribution is 2.07. The Bertz CT molecular complexity index is 210. The Hall–Kier alpha value is -1.35. The number of hydrogen-bond donors (Lipinski definition) is 2. The molecule has 0 spiro atoms. The molecule has 0 saturated heterocycles. The molecule has 0 fully saturated rings. The molecule has 10 heavy (non-hydrogen) atoms. The highest BCUT2D eigenvalue weighted by Gasteiger charge is 1.93. The molecule has 0 aliphatic rings. The van der Waals surface area contributed by atoms with Gasteiger partial charge in [0, 0.05) is 0 Å². The maximum Gasteiger partial charge on any atom is 0.113 e. The van der Waals surface area contributed by atoms with Gasteiger partial charge >= 0.3 is 0 Å². The number of anilines is 1. The predicted molar refractivity (Wildman–Crippen MR) is 39.5 cm³/mol. The topological polar surface area (TPSA) is 47.3 Å². The van der Waals surface area contributed by atoms with Gasteiger partial charge in [-0.05, 0) is 12.1 Å². The number of hydrogen-bond acceptors (Lipinski definition) is 2. The van der Waals surface area contributed by atoms with Crippen LogP contribution >= 0.6 is 0 Å². The van der Waals surface area contributed by atoms with Crippen molar-refractivity contribution in [2.45, 2.75) is 0 Å². The molecule has 0 unspecified atom stereocenters. The molecular weight excluding hydrogens is 128 g/mol. The fourth-order valence-electron chi connectivity index (χ4n) is 0.655. The van der Waals surface area contributed by atoms with Gasteiger partial charge in [-0.3, -0.25) is 10.6 Å². The molecule has 52 valence electrons. The Morgan fingerprint density at radius 2 is 1.90 bits per heavy atom. The second-order valence-corrected chi connectivity index (χ2v) is 1.81. The number of para-hydroxylation sites is 1. The van der Waals surface area contributed by atoms with Crippen LogP contribution in [0.5, 0.6) is 0 Å². The first-order chi connectivity index (χ1) is 4.84. The van der Waals surface area contributed by atoms with Gasteiger partial charge < -0.3 is 0 Å². The maximum atomic E-state index is 8.92. The van der Waals surface area contributed by atoms with Gasteiger partial charge in [0.15, 0.2) is 0 Å². The molecule has 1 aromatic rings. The van der Waals surface area contributed by atoms with Gasteiger partial charge in [-0.2, -0.15) is 0 Å². The summed E-state index contributed by atoms with van der Waals surface area (Å²) < 4.78 is 0. The van der Waals surface area contributed by atoms with E-state index < -0.39 is 0 Å². The van der Waals surface area contributed by atoms with Crippen molar-refractivity contribution < 1.29 is 5.21 Å². The van der Waals surface area contributed by atoms with E-state index in [2.05, 4.69) is 0 Å². The van der Waals surface area contributed by atoms with Gasteiger partial charge in [-0.1, -0.05) is 18.2 Å². The third kappa shape index (κ3) is 1.33. The normalized spacial score (nSPS) is 8.90. The van der Waals surface area contributed by atoms with Gasteiger partial charge in [0.25, 0.3) is 0 Å². The van der Waals surface area contributed by atoms with Crippen LogP contribution in [-0.2, 0) is 0 Å². The van der Waals surface area contributed by atoms with Crippen LogP contribution in [-0.4, -0.2) is 11.5 Å². The summed E-state index contributed by atoms with van der Waals surface area (Å²) in [6.07, 6.45) is 0.843. The van der Waals surface area contributed by atoms with Crippen LogP contribution in [0.3, 0.4) is 0 Å². The zero-order valence-electron chi connectivity index (χ0n) is 5.36. The molecule has 0 heterocycles. The first-order valence-electron chi connectivity index (χ1n) is 2.88. The number of nitrogens with one attached hydrogen (secondary N) is 1. The van der Waals surface area contributed by atoms with Crippen LogP contribution < -0.4 is 5.06 Å². The summed E-state index contributed by atoms with van der Waals surface area (Å²) in [6.45, 7) is 0. The van der Waals surface area contributed by atoms with Crippen molar-refractivity contribution in [3.05, 3.63) is 30.3 Å². The van der Waals surface area contributed by atoms with Gasteiger partial charge in [0.05, 0.1) is 5.69 Å². The summed E-state index contributed by atoms with van der Waals surface area (Å²) in [5.41, 5.74) is 0.595. The van der Waals surface area contributed by atoms with E-state index in [1.54, 1.807) is 24.3 Å². The van der Waals surface area contributed by atoms with E-state index in [0.29, 0.717) is 5.69 Å². The van der Waals surface area contributed by atoms with Crippen molar-refractivity contribution in [3.63, 3.8) is 0 Å². The van der Waals surface area contributed by atoms with Crippen LogP contribution in [0.25, 0.3) is 0 Å². The molecule has 0 radical (unpaired) electrons. The lowest BCUT2D eigenvalue weighted by atomic mass is 10.3. The summed E-state index contributed by atoms with van der Waals surface area (Å²) in [5.74, 6) is 0. The first-order valence-corrected chi connectivity index (χ1v) is 2.88. The Balaban J connectivity index is 2.84. The van der Waals surface area contributed by atoms with Gasteiger partial charge in [-0.25, -0.2) is 5.06 Å². The highest BCUT2D eigenvalue weighted by atomic mass is 16.5. The third-order valence-corrected chi connectivity index (χ3v) is 1.14. The summed E-state index contributed by atoms with van der Waals surface area (Å²) >= 11 is 0. The second-order valence-electron chi connectivity index (χ2n) is 1.81. The lowest BCUT2D eigenvalue weighted by Crippen LogP contribution is -2.13.